The largest absolute Gasteiger partial charge is 0.410 e. The lowest BCUT2D eigenvalue weighted by Crippen LogP contribution is -2.17. The number of hydrogen-bond donors (Lipinski definition) is 1. The Morgan fingerprint density at radius 2 is 1.32 bits per heavy atom. The van der Waals surface area contributed by atoms with Crippen LogP contribution in [-0.4, -0.2) is 23.7 Å². The van der Waals surface area contributed by atoms with Crippen LogP contribution in [-0.2, 0) is 4.84 Å². The van der Waals surface area contributed by atoms with Gasteiger partial charge in [0, 0.05) is 11.1 Å². The molecule has 0 fully saturated rings. The molecule has 0 radical (unpaired) electrons. The Morgan fingerprint density at radius 1 is 0.842 bits per heavy atom. The molecule has 0 aliphatic rings. The van der Waals surface area contributed by atoms with Crippen LogP contribution in [0.1, 0.15) is 11.1 Å². The van der Waals surface area contributed by atoms with Crippen LogP contribution >= 0.6 is 0 Å². The molecule has 0 spiro atoms. The average Bonchev–Trinajstić information content (AvgIpc) is 2.49. The second-order valence-corrected chi connectivity index (χ2v) is 3.80. The Bertz CT molecular complexity index is 578. The molecule has 2 aromatic carbocycles. The molecule has 19 heavy (non-hydrogen) atoms. The Morgan fingerprint density at radius 3 is 1.74 bits per heavy atom. The lowest BCUT2D eigenvalue weighted by molar-refractivity contribution is 0.214. The molecule has 1 N–H and O–H groups in total. The van der Waals surface area contributed by atoms with Gasteiger partial charge in [-0.3, -0.25) is 0 Å². The second-order valence-electron chi connectivity index (χ2n) is 3.80. The zero-order chi connectivity index (χ0) is 13.5. The maximum Gasteiger partial charge on any atom is 0.139 e. The fraction of sp³-hybridized carbons (Fsp3) is 0.0667. The minimum atomic E-state index is 0.369. The highest BCUT2D eigenvalue weighted by atomic mass is 16.6. The van der Waals surface area contributed by atoms with Crippen molar-refractivity contribution in [3.8, 4) is 0 Å². The first-order chi connectivity index (χ1) is 9.36. The Kier molecular flexibility index (Phi) is 4.29. The molecule has 4 heteroatoms. The van der Waals surface area contributed by atoms with E-state index in [0.29, 0.717) is 11.4 Å². The van der Waals surface area contributed by atoms with Crippen molar-refractivity contribution in [1.82, 2.24) is 0 Å². The van der Waals surface area contributed by atoms with Gasteiger partial charge >= 0.3 is 0 Å². The zero-order valence-corrected chi connectivity index (χ0v) is 10.5. The molecule has 0 saturated heterocycles. The third-order valence-electron chi connectivity index (χ3n) is 2.60. The topological polar surface area (TPSA) is 54.2 Å². The molecule has 0 aromatic heterocycles. The van der Waals surface area contributed by atoms with Gasteiger partial charge in [0.2, 0.25) is 0 Å². The molecule has 0 heterocycles. The smallest absolute Gasteiger partial charge is 0.139 e. The van der Waals surface area contributed by atoms with Crippen LogP contribution in [0.2, 0.25) is 0 Å². The van der Waals surface area contributed by atoms with E-state index < -0.39 is 0 Å². The molecule has 0 amide bonds. The van der Waals surface area contributed by atoms with Gasteiger partial charge in [-0.2, -0.15) is 0 Å². The van der Waals surface area contributed by atoms with Crippen molar-refractivity contribution in [1.29, 1.82) is 0 Å². The van der Waals surface area contributed by atoms with Gasteiger partial charge in [0.25, 0.3) is 0 Å². The van der Waals surface area contributed by atoms with E-state index in [1.54, 1.807) is 0 Å². The first kappa shape index (κ1) is 12.8. The van der Waals surface area contributed by atoms with Crippen LogP contribution in [0.3, 0.4) is 0 Å². The maximum absolute atomic E-state index is 9.29. The molecule has 2 rings (SSSR count). The highest BCUT2D eigenvalue weighted by Gasteiger charge is 2.15. The normalized spacial score (nSPS) is 12.3. The van der Waals surface area contributed by atoms with Crippen LogP contribution in [0.25, 0.3) is 0 Å². The van der Waals surface area contributed by atoms with Gasteiger partial charge in [-0.15, -0.1) is 0 Å². The molecule has 0 unspecified atom stereocenters. The van der Waals surface area contributed by atoms with Gasteiger partial charge in [0.1, 0.15) is 18.5 Å². The minimum absolute atomic E-state index is 0.369. The SMILES string of the molecule is CON=C(C(=NO)c1ccccc1)c1ccccc1. The van der Waals surface area contributed by atoms with Crippen molar-refractivity contribution in [2.75, 3.05) is 7.11 Å². The summed E-state index contributed by atoms with van der Waals surface area (Å²) >= 11 is 0. The zero-order valence-electron chi connectivity index (χ0n) is 10.5. The van der Waals surface area contributed by atoms with Gasteiger partial charge in [0.15, 0.2) is 0 Å². The van der Waals surface area contributed by atoms with E-state index in [1.165, 1.54) is 7.11 Å². The molecular formula is C15H14N2O2. The molecule has 0 bridgehead atoms. The lowest BCUT2D eigenvalue weighted by atomic mass is 10.0. The molecule has 4 nitrogen and oxygen atoms in total. The number of hydrogen-bond acceptors (Lipinski definition) is 4. The quantitative estimate of drug-likeness (QED) is 0.518. The summed E-state index contributed by atoms with van der Waals surface area (Å²) in [4.78, 5) is 4.86. The van der Waals surface area contributed by atoms with Crippen molar-refractivity contribution in [2.45, 2.75) is 0 Å². The molecule has 96 valence electrons. The molecular weight excluding hydrogens is 240 g/mol. The van der Waals surface area contributed by atoms with Crippen molar-refractivity contribution in [3.05, 3.63) is 71.8 Å². The fourth-order valence-electron chi connectivity index (χ4n) is 1.76. The van der Waals surface area contributed by atoms with E-state index in [9.17, 15) is 5.21 Å². The van der Waals surface area contributed by atoms with Crippen LogP contribution in [0, 0.1) is 0 Å². The van der Waals surface area contributed by atoms with Crippen LogP contribution in [0.15, 0.2) is 71.0 Å². The molecule has 0 aliphatic carbocycles. The first-order valence-electron chi connectivity index (χ1n) is 5.81. The van der Waals surface area contributed by atoms with E-state index in [2.05, 4.69) is 10.3 Å². The predicted octanol–water partition coefficient (Wildman–Crippen LogP) is 2.92. The highest BCUT2D eigenvalue weighted by Crippen LogP contribution is 2.10. The summed E-state index contributed by atoms with van der Waals surface area (Å²) in [5, 5.41) is 16.6. The lowest BCUT2D eigenvalue weighted by Gasteiger charge is -2.08. The second kappa shape index (κ2) is 6.35. The third-order valence-corrected chi connectivity index (χ3v) is 2.60. The van der Waals surface area contributed by atoms with Gasteiger partial charge in [-0.05, 0) is 0 Å². The number of nitrogens with zero attached hydrogens (tertiary/aromatic N) is 2. The van der Waals surface area contributed by atoms with Crippen LogP contribution in [0.4, 0.5) is 0 Å². The maximum atomic E-state index is 9.29. The predicted molar refractivity (Wildman–Crippen MR) is 74.8 cm³/mol. The summed E-state index contributed by atoms with van der Waals surface area (Å²) in [6.07, 6.45) is 0. The summed E-state index contributed by atoms with van der Waals surface area (Å²) in [7, 11) is 1.46. The minimum Gasteiger partial charge on any atom is -0.410 e. The van der Waals surface area contributed by atoms with Crippen molar-refractivity contribution in [3.63, 3.8) is 0 Å². The summed E-state index contributed by atoms with van der Waals surface area (Å²) in [5.41, 5.74) is 2.44. The Labute approximate surface area is 111 Å². The number of oxime groups is 2. The first-order valence-corrected chi connectivity index (χ1v) is 5.81. The fourth-order valence-corrected chi connectivity index (χ4v) is 1.76. The monoisotopic (exact) mass is 254 g/mol. The molecule has 0 aliphatic heterocycles. The molecule has 0 atom stereocenters. The summed E-state index contributed by atoms with van der Waals surface area (Å²) < 4.78 is 0. The molecule has 2 aromatic rings. The summed E-state index contributed by atoms with van der Waals surface area (Å²) in [6, 6.07) is 18.8. The van der Waals surface area contributed by atoms with E-state index in [4.69, 9.17) is 4.84 Å². The van der Waals surface area contributed by atoms with E-state index in [1.807, 2.05) is 60.7 Å². The van der Waals surface area contributed by atoms with Crippen molar-refractivity contribution < 1.29 is 10.0 Å². The average molecular weight is 254 g/mol. The number of rotatable bonds is 4. The van der Waals surface area contributed by atoms with E-state index >= 15 is 0 Å². The van der Waals surface area contributed by atoms with E-state index in [-0.39, 0.29) is 0 Å². The highest BCUT2D eigenvalue weighted by molar-refractivity contribution is 6.53. The van der Waals surface area contributed by atoms with Crippen molar-refractivity contribution >= 4 is 11.4 Å². The summed E-state index contributed by atoms with van der Waals surface area (Å²) in [5.74, 6) is 0. The Balaban J connectivity index is 2.48. The van der Waals surface area contributed by atoms with Crippen LogP contribution in [0.5, 0.6) is 0 Å². The van der Waals surface area contributed by atoms with E-state index in [0.717, 1.165) is 11.1 Å². The standard InChI is InChI=1S/C15H14N2O2/c1-19-17-15(13-10-6-3-7-11-13)14(16-18)12-8-4-2-5-9-12/h2-11,18H,1H3. The molecule has 0 saturated carbocycles. The third kappa shape index (κ3) is 2.98. The van der Waals surface area contributed by atoms with Gasteiger partial charge in [-0.25, -0.2) is 0 Å². The van der Waals surface area contributed by atoms with Gasteiger partial charge < -0.3 is 10.0 Å². The summed E-state index contributed by atoms with van der Waals surface area (Å²) in [6.45, 7) is 0. The van der Waals surface area contributed by atoms with Crippen molar-refractivity contribution in [2.24, 2.45) is 10.3 Å². The Hall–Kier alpha value is -2.62. The van der Waals surface area contributed by atoms with Gasteiger partial charge in [0.05, 0.1) is 0 Å². The van der Waals surface area contributed by atoms with Crippen LogP contribution < -0.4 is 0 Å². The number of benzene rings is 2. The van der Waals surface area contributed by atoms with Gasteiger partial charge in [-0.1, -0.05) is 71.0 Å².